The zero-order chi connectivity index (χ0) is 14.5. The van der Waals surface area contributed by atoms with Crippen LogP contribution in [-0.4, -0.2) is 21.2 Å². The Kier molecular flexibility index (Phi) is 4.86. The molecule has 0 saturated carbocycles. The Morgan fingerprint density at radius 1 is 1.45 bits per heavy atom. The molecule has 7 heteroatoms. The molecule has 1 heterocycles. The fraction of sp³-hybridized carbons (Fsp3) is 0.308. The number of nitro groups is 1. The van der Waals surface area contributed by atoms with Crippen molar-refractivity contribution in [3.63, 3.8) is 0 Å². The summed E-state index contributed by atoms with van der Waals surface area (Å²) in [7, 11) is 0. The van der Waals surface area contributed by atoms with Crippen molar-refractivity contribution in [2.75, 3.05) is 6.54 Å². The highest BCUT2D eigenvalue weighted by Crippen LogP contribution is 2.26. The van der Waals surface area contributed by atoms with Gasteiger partial charge in [-0.1, -0.05) is 6.92 Å². The van der Waals surface area contributed by atoms with Crippen molar-refractivity contribution in [3.8, 4) is 5.69 Å². The molecule has 0 unspecified atom stereocenters. The van der Waals surface area contributed by atoms with Crippen molar-refractivity contribution in [2.45, 2.75) is 19.9 Å². The predicted octanol–water partition coefficient (Wildman–Crippen LogP) is 3.04. The van der Waals surface area contributed by atoms with Crippen LogP contribution in [0.4, 0.5) is 5.69 Å². The van der Waals surface area contributed by atoms with E-state index in [0.29, 0.717) is 4.47 Å². The van der Waals surface area contributed by atoms with Gasteiger partial charge < -0.3 is 5.32 Å². The van der Waals surface area contributed by atoms with Crippen LogP contribution in [0.3, 0.4) is 0 Å². The van der Waals surface area contributed by atoms with Crippen LogP contribution in [0.1, 0.15) is 19.0 Å². The minimum Gasteiger partial charge on any atom is -0.311 e. The number of halogens is 1. The molecule has 1 aromatic heterocycles. The SMILES string of the molecule is CCCNCc1ccn(-c2ccc([N+](=O)[O-])c(Br)c2)n1. The van der Waals surface area contributed by atoms with Crippen LogP contribution in [0.25, 0.3) is 5.69 Å². The lowest BCUT2D eigenvalue weighted by Gasteiger charge is -2.03. The smallest absolute Gasteiger partial charge is 0.283 e. The number of nitro benzene ring substituents is 1. The van der Waals surface area contributed by atoms with Crippen molar-refractivity contribution in [1.82, 2.24) is 15.1 Å². The van der Waals surface area contributed by atoms with E-state index in [1.807, 2.05) is 12.3 Å². The molecule has 1 aromatic carbocycles. The molecule has 2 aromatic rings. The van der Waals surface area contributed by atoms with Gasteiger partial charge in [-0.25, -0.2) is 4.68 Å². The average Bonchev–Trinajstić information content (AvgIpc) is 2.87. The third-order valence-corrected chi connectivity index (χ3v) is 3.40. The second-order valence-electron chi connectivity index (χ2n) is 4.32. The van der Waals surface area contributed by atoms with E-state index in [9.17, 15) is 10.1 Å². The molecule has 6 nitrogen and oxygen atoms in total. The molecule has 0 spiro atoms. The largest absolute Gasteiger partial charge is 0.311 e. The number of hydrogen-bond donors (Lipinski definition) is 1. The van der Waals surface area contributed by atoms with E-state index in [4.69, 9.17) is 0 Å². The molecule has 0 bridgehead atoms. The van der Waals surface area contributed by atoms with Gasteiger partial charge in [0.05, 0.1) is 20.8 Å². The summed E-state index contributed by atoms with van der Waals surface area (Å²) in [6.07, 6.45) is 2.92. The summed E-state index contributed by atoms with van der Waals surface area (Å²) in [4.78, 5) is 10.3. The van der Waals surface area contributed by atoms with E-state index < -0.39 is 4.92 Å². The molecule has 0 saturated heterocycles. The van der Waals surface area contributed by atoms with Gasteiger partial charge >= 0.3 is 0 Å². The van der Waals surface area contributed by atoms with Crippen LogP contribution in [0.5, 0.6) is 0 Å². The van der Waals surface area contributed by atoms with Gasteiger partial charge in [0.2, 0.25) is 0 Å². The number of rotatable bonds is 6. The van der Waals surface area contributed by atoms with Crippen molar-refractivity contribution in [3.05, 3.63) is 50.7 Å². The van der Waals surface area contributed by atoms with Gasteiger partial charge in [0.15, 0.2) is 0 Å². The fourth-order valence-electron chi connectivity index (χ4n) is 1.78. The highest BCUT2D eigenvalue weighted by atomic mass is 79.9. The fourth-order valence-corrected chi connectivity index (χ4v) is 2.29. The summed E-state index contributed by atoms with van der Waals surface area (Å²) in [6.45, 7) is 3.78. The Balaban J connectivity index is 2.15. The maximum Gasteiger partial charge on any atom is 0.283 e. The van der Waals surface area contributed by atoms with Crippen LogP contribution < -0.4 is 5.32 Å². The summed E-state index contributed by atoms with van der Waals surface area (Å²) < 4.78 is 2.15. The second kappa shape index (κ2) is 6.62. The highest BCUT2D eigenvalue weighted by molar-refractivity contribution is 9.10. The summed E-state index contributed by atoms with van der Waals surface area (Å²) >= 11 is 3.21. The normalized spacial score (nSPS) is 10.7. The molecule has 0 radical (unpaired) electrons. The van der Waals surface area contributed by atoms with Crippen molar-refractivity contribution < 1.29 is 4.92 Å². The van der Waals surface area contributed by atoms with Crippen LogP contribution in [0, 0.1) is 10.1 Å². The van der Waals surface area contributed by atoms with Gasteiger partial charge in [0.25, 0.3) is 5.69 Å². The lowest BCUT2D eigenvalue weighted by Crippen LogP contribution is -2.14. The summed E-state index contributed by atoms with van der Waals surface area (Å²) in [5, 5.41) is 18.5. The Labute approximate surface area is 125 Å². The molecule has 106 valence electrons. The minimum atomic E-state index is -0.420. The van der Waals surface area contributed by atoms with E-state index in [2.05, 4.69) is 33.3 Å². The van der Waals surface area contributed by atoms with Gasteiger partial charge in [-0.3, -0.25) is 10.1 Å². The molecule has 0 aliphatic carbocycles. The zero-order valence-electron chi connectivity index (χ0n) is 11.0. The Bertz CT molecular complexity index is 612. The number of nitrogens with zero attached hydrogens (tertiary/aromatic N) is 3. The molecule has 1 N–H and O–H groups in total. The van der Waals surface area contributed by atoms with Crippen LogP contribution >= 0.6 is 15.9 Å². The van der Waals surface area contributed by atoms with Gasteiger partial charge in [0.1, 0.15) is 0 Å². The van der Waals surface area contributed by atoms with Crippen LogP contribution in [0.2, 0.25) is 0 Å². The van der Waals surface area contributed by atoms with Gasteiger partial charge in [-0.05, 0) is 47.1 Å². The quantitative estimate of drug-likeness (QED) is 0.499. The molecular formula is C13H15BrN4O2. The van der Waals surface area contributed by atoms with Gasteiger partial charge in [0, 0.05) is 18.8 Å². The van der Waals surface area contributed by atoms with E-state index in [0.717, 1.165) is 30.9 Å². The van der Waals surface area contributed by atoms with Crippen molar-refractivity contribution in [2.24, 2.45) is 0 Å². The van der Waals surface area contributed by atoms with Crippen LogP contribution in [0.15, 0.2) is 34.9 Å². The lowest BCUT2D eigenvalue weighted by molar-refractivity contribution is -0.385. The monoisotopic (exact) mass is 338 g/mol. The Morgan fingerprint density at radius 2 is 2.25 bits per heavy atom. The molecule has 0 fully saturated rings. The predicted molar refractivity (Wildman–Crippen MR) is 79.9 cm³/mol. The molecular weight excluding hydrogens is 324 g/mol. The maximum atomic E-state index is 10.8. The second-order valence-corrected chi connectivity index (χ2v) is 5.18. The number of hydrogen-bond acceptors (Lipinski definition) is 4. The van der Waals surface area contributed by atoms with Crippen LogP contribution in [-0.2, 0) is 6.54 Å². The third kappa shape index (κ3) is 3.43. The first kappa shape index (κ1) is 14.7. The summed E-state index contributed by atoms with van der Waals surface area (Å²) in [5.41, 5.74) is 1.77. The molecule has 2 rings (SSSR count). The first-order valence-corrected chi connectivity index (χ1v) is 7.10. The standard InChI is InChI=1S/C13H15BrN4O2/c1-2-6-15-9-10-5-7-17(16-10)11-3-4-13(18(19)20)12(14)8-11/h3-5,7-8,15H,2,6,9H2,1H3. The van der Waals surface area contributed by atoms with Gasteiger partial charge in [-0.15, -0.1) is 0 Å². The molecule has 0 aliphatic heterocycles. The van der Waals surface area contributed by atoms with Crippen molar-refractivity contribution in [1.29, 1.82) is 0 Å². The molecule has 0 atom stereocenters. The van der Waals surface area contributed by atoms with Gasteiger partial charge in [-0.2, -0.15) is 5.10 Å². The average molecular weight is 339 g/mol. The highest BCUT2D eigenvalue weighted by Gasteiger charge is 2.12. The molecule has 0 aliphatic rings. The van der Waals surface area contributed by atoms with E-state index in [1.54, 1.807) is 16.8 Å². The zero-order valence-corrected chi connectivity index (χ0v) is 12.6. The third-order valence-electron chi connectivity index (χ3n) is 2.77. The number of nitrogens with one attached hydrogen (secondary N) is 1. The van der Waals surface area contributed by atoms with E-state index in [1.165, 1.54) is 6.07 Å². The maximum absolute atomic E-state index is 10.8. The molecule has 20 heavy (non-hydrogen) atoms. The Morgan fingerprint density at radius 3 is 2.90 bits per heavy atom. The molecule has 0 amide bonds. The lowest BCUT2D eigenvalue weighted by atomic mass is 10.3. The van der Waals surface area contributed by atoms with E-state index in [-0.39, 0.29) is 5.69 Å². The summed E-state index contributed by atoms with van der Waals surface area (Å²) in [6, 6.07) is 6.77. The van der Waals surface area contributed by atoms with E-state index >= 15 is 0 Å². The number of benzene rings is 1. The first-order valence-electron chi connectivity index (χ1n) is 6.31. The Hall–Kier alpha value is -1.73. The van der Waals surface area contributed by atoms with Crippen molar-refractivity contribution >= 4 is 21.6 Å². The first-order chi connectivity index (χ1) is 9.61. The topological polar surface area (TPSA) is 73.0 Å². The summed E-state index contributed by atoms with van der Waals surface area (Å²) in [5.74, 6) is 0. The minimum absolute atomic E-state index is 0.0470. The number of aromatic nitrogens is 2.